The van der Waals surface area contributed by atoms with E-state index in [2.05, 4.69) is 55.6 Å². The Morgan fingerprint density at radius 3 is 1.55 bits per heavy atom. The lowest BCUT2D eigenvalue weighted by Crippen LogP contribution is -2.60. The van der Waals surface area contributed by atoms with Crippen molar-refractivity contribution in [2.45, 2.75) is 230 Å². The van der Waals surface area contributed by atoms with E-state index in [9.17, 15) is 30.3 Å². The summed E-state index contributed by atoms with van der Waals surface area (Å²) in [5, 5.41) is 54.1. The van der Waals surface area contributed by atoms with Crippen molar-refractivity contribution < 1.29 is 39.8 Å². The zero-order valence-electron chi connectivity index (χ0n) is 35.6. The van der Waals surface area contributed by atoms with Crippen molar-refractivity contribution >= 4 is 5.91 Å². The second-order valence-corrected chi connectivity index (χ2v) is 15.8. The Kier molecular flexibility index (Phi) is 34.9. The summed E-state index contributed by atoms with van der Waals surface area (Å²) in [7, 11) is 0. The minimum absolute atomic E-state index is 0.198. The Labute approximate surface area is 342 Å². The molecule has 1 saturated heterocycles. The molecule has 0 saturated carbocycles. The summed E-state index contributed by atoms with van der Waals surface area (Å²) in [6.45, 7) is 3.69. The van der Waals surface area contributed by atoms with Crippen LogP contribution in [0.15, 0.2) is 48.6 Å². The van der Waals surface area contributed by atoms with Gasteiger partial charge in [0.05, 0.1) is 25.4 Å². The number of aliphatic hydroxyl groups excluding tert-OH is 5. The van der Waals surface area contributed by atoms with Crippen molar-refractivity contribution in [1.82, 2.24) is 5.32 Å². The molecule has 7 atom stereocenters. The minimum atomic E-state index is -1.57. The Balaban J connectivity index is 2.34. The first kappa shape index (κ1) is 52.2. The van der Waals surface area contributed by atoms with Crippen molar-refractivity contribution in [3.63, 3.8) is 0 Å². The maximum Gasteiger partial charge on any atom is 0.220 e. The van der Waals surface area contributed by atoms with Gasteiger partial charge in [0.2, 0.25) is 5.91 Å². The lowest BCUT2D eigenvalue weighted by atomic mass is 9.99. The molecule has 6 N–H and O–H groups in total. The Morgan fingerprint density at radius 2 is 1.04 bits per heavy atom. The predicted octanol–water partition coefficient (Wildman–Crippen LogP) is 9.45. The zero-order valence-corrected chi connectivity index (χ0v) is 35.6. The van der Waals surface area contributed by atoms with Gasteiger partial charge in [-0.3, -0.25) is 4.79 Å². The third-order valence-corrected chi connectivity index (χ3v) is 10.6. The number of amides is 1. The first-order chi connectivity index (χ1) is 27.3. The zero-order chi connectivity index (χ0) is 40.9. The lowest BCUT2D eigenvalue weighted by molar-refractivity contribution is -0.302. The largest absolute Gasteiger partial charge is 0.394 e. The molecule has 0 aromatic heterocycles. The fraction of sp³-hybridized carbons (Fsp3) is 0.809. The lowest BCUT2D eigenvalue weighted by Gasteiger charge is -2.40. The Hall–Kier alpha value is -1.85. The van der Waals surface area contributed by atoms with Gasteiger partial charge in [0.1, 0.15) is 24.4 Å². The van der Waals surface area contributed by atoms with E-state index < -0.39 is 49.5 Å². The third kappa shape index (κ3) is 27.7. The van der Waals surface area contributed by atoms with Gasteiger partial charge in [-0.05, 0) is 64.2 Å². The van der Waals surface area contributed by atoms with Crippen molar-refractivity contribution in [2.75, 3.05) is 13.2 Å². The SMILES string of the molecule is CCCC/C=C/CC/C=C/CC/C=C/C(O)C(COC1OC(CO)C(O)C(O)C1O)NC(=O)CCCCCCCCC/C=C\CCCCCCCCCCCC. The standard InChI is InChI=1S/C47H85NO8/c1-3-5-7-9-11-13-15-17-18-19-20-21-22-23-24-25-27-29-31-33-35-37-43(51)48-40(39-55-47-46(54)45(53)44(52)42(38-49)56-47)41(50)36-34-32-30-28-26-16-14-12-10-8-6-4-2/h10,12,21-22,26,28,34,36,40-42,44-47,49-50,52-54H,3-9,11,13-20,23-25,27,29-33,35,37-39H2,1-2H3,(H,48,51)/b12-10+,22-21-,28-26+,36-34+. The summed E-state index contributed by atoms with van der Waals surface area (Å²) in [6.07, 6.45) is 40.2. The number of allylic oxidation sites excluding steroid dienone is 7. The Morgan fingerprint density at radius 1 is 0.589 bits per heavy atom. The number of ether oxygens (including phenoxy) is 2. The van der Waals surface area contributed by atoms with E-state index in [0.717, 1.165) is 64.2 Å². The fourth-order valence-electron chi connectivity index (χ4n) is 6.87. The van der Waals surface area contributed by atoms with Gasteiger partial charge in [-0.25, -0.2) is 0 Å². The molecule has 0 spiro atoms. The summed E-state index contributed by atoms with van der Waals surface area (Å²) >= 11 is 0. The molecule has 56 heavy (non-hydrogen) atoms. The molecular formula is C47H85NO8. The third-order valence-electron chi connectivity index (χ3n) is 10.6. The highest BCUT2D eigenvalue weighted by atomic mass is 16.7. The molecule has 1 rings (SSSR count). The van der Waals surface area contributed by atoms with Gasteiger partial charge >= 0.3 is 0 Å². The molecule has 0 radical (unpaired) electrons. The molecule has 9 nitrogen and oxygen atoms in total. The normalized spacial score (nSPS) is 21.6. The summed E-state index contributed by atoms with van der Waals surface area (Å²) in [5.41, 5.74) is 0. The second-order valence-electron chi connectivity index (χ2n) is 15.8. The maximum atomic E-state index is 12.9. The summed E-state index contributed by atoms with van der Waals surface area (Å²) in [4.78, 5) is 12.9. The van der Waals surface area contributed by atoms with E-state index >= 15 is 0 Å². The average Bonchev–Trinajstić information content (AvgIpc) is 3.20. The Bertz CT molecular complexity index is 1010. The molecule has 0 aliphatic carbocycles. The molecule has 1 aliphatic rings. The molecule has 326 valence electrons. The van der Waals surface area contributed by atoms with E-state index in [1.54, 1.807) is 6.08 Å². The van der Waals surface area contributed by atoms with Crippen LogP contribution in [-0.4, -0.2) is 87.5 Å². The molecule has 9 heteroatoms. The van der Waals surface area contributed by atoms with Gasteiger partial charge in [-0.1, -0.05) is 165 Å². The van der Waals surface area contributed by atoms with E-state index in [1.165, 1.54) is 103 Å². The summed E-state index contributed by atoms with van der Waals surface area (Å²) in [5.74, 6) is -0.198. The molecule has 1 amide bonds. The number of rotatable bonds is 37. The van der Waals surface area contributed by atoms with Crippen LogP contribution in [-0.2, 0) is 14.3 Å². The summed E-state index contributed by atoms with van der Waals surface area (Å²) < 4.78 is 11.2. The van der Waals surface area contributed by atoms with E-state index in [4.69, 9.17) is 9.47 Å². The van der Waals surface area contributed by atoms with Crippen molar-refractivity contribution in [3.8, 4) is 0 Å². The molecule has 0 aromatic carbocycles. The van der Waals surface area contributed by atoms with Crippen molar-refractivity contribution in [3.05, 3.63) is 48.6 Å². The number of hydrogen-bond donors (Lipinski definition) is 6. The van der Waals surface area contributed by atoms with E-state index in [1.807, 2.05) is 6.08 Å². The monoisotopic (exact) mass is 792 g/mol. The van der Waals surface area contributed by atoms with Crippen LogP contribution >= 0.6 is 0 Å². The van der Waals surface area contributed by atoms with Gasteiger partial charge < -0.3 is 40.3 Å². The van der Waals surface area contributed by atoms with E-state index in [-0.39, 0.29) is 12.5 Å². The van der Waals surface area contributed by atoms with Crippen LogP contribution in [0.25, 0.3) is 0 Å². The van der Waals surface area contributed by atoms with Crippen LogP contribution in [0.2, 0.25) is 0 Å². The number of carbonyl (C=O) groups excluding carboxylic acids is 1. The number of carbonyl (C=O) groups is 1. The highest BCUT2D eigenvalue weighted by Gasteiger charge is 2.44. The minimum Gasteiger partial charge on any atom is -0.394 e. The van der Waals surface area contributed by atoms with Crippen LogP contribution in [0.1, 0.15) is 187 Å². The number of hydrogen-bond acceptors (Lipinski definition) is 8. The molecule has 1 heterocycles. The highest BCUT2D eigenvalue weighted by Crippen LogP contribution is 2.22. The maximum absolute atomic E-state index is 12.9. The van der Waals surface area contributed by atoms with Crippen LogP contribution in [0.5, 0.6) is 0 Å². The fourth-order valence-corrected chi connectivity index (χ4v) is 6.87. The molecular weight excluding hydrogens is 707 g/mol. The topological polar surface area (TPSA) is 149 Å². The molecule has 1 fully saturated rings. The molecule has 7 unspecified atom stereocenters. The van der Waals surface area contributed by atoms with Gasteiger partial charge in [-0.15, -0.1) is 0 Å². The van der Waals surface area contributed by atoms with Crippen molar-refractivity contribution in [1.29, 1.82) is 0 Å². The number of aliphatic hydroxyl groups is 5. The second kappa shape index (κ2) is 37.4. The first-order valence-electron chi connectivity index (χ1n) is 22.9. The van der Waals surface area contributed by atoms with Crippen LogP contribution in [0.4, 0.5) is 0 Å². The molecule has 0 bridgehead atoms. The van der Waals surface area contributed by atoms with Gasteiger partial charge in [0.25, 0.3) is 0 Å². The number of nitrogens with one attached hydrogen (secondary N) is 1. The van der Waals surface area contributed by atoms with Gasteiger partial charge in [-0.2, -0.15) is 0 Å². The van der Waals surface area contributed by atoms with Crippen LogP contribution < -0.4 is 5.32 Å². The van der Waals surface area contributed by atoms with Gasteiger partial charge in [0.15, 0.2) is 6.29 Å². The van der Waals surface area contributed by atoms with Gasteiger partial charge in [0, 0.05) is 6.42 Å². The van der Waals surface area contributed by atoms with E-state index in [0.29, 0.717) is 6.42 Å². The highest BCUT2D eigenvalue weighted by molar-refractivity contribution is 5.76. The molecule has 1 aliphatic heterocycles. The predicted molar refractivity (Wildman–Crippen MR) is 230 cm³/mol. The molecule has 0 aromatic rings. The van der Waals surface area contributed by atoms with Crippen molar-refractivity contribution in [2.24, 2.45) is 0 Å². The quantitative estimate of drug-likeness (QED) is 0.0269. The first-order valence-corrected chi connectivity index (χ1v) is 22.9. The summed E-state index contributed by atoms with van der Waals surface area (Å²) in [6, 6.07) is -0.829. The van der Waals surface area contributed by atoms with Crippen LogP contribution in [0.3, 0.4) is 0 Å². The smallest absolute Gasteiger partial charge is 0.220 e. The number of unbranched alkanes of at least 4 members (excludes halogenated alkanes) is 21. The van der Waals surface area contributed by atoms with Crippen LogP contribution in [0, 0.1) is 0 Å². The average molecular weight is 792 g/mol.